The number of esters is 1. The van der Waals surface area contributed by atoms with Crippen LogP contribution in [0.25, 0.3) is 15.9 Å². The maximum Gasteiger partial charge on any atom is 0.340 e. The van der Waals surface area contributed by atoms with E-state index in [-0.39, 0.29) is 6.61 Å². The van der Waals surface area contributed by atoms with Gasteiger partial charge in [-0.1, -0.05) is 18.6 Å². The molecule has 1 aromatic carbocycles. The van der Waals surface area contributed by atoms with Crippen LogP contribution in [0.3, 0.4) is 0 Å². The molecule has 1 aliphatic rings. The Hall–Kier alpha value is -3.40. The second-order valence-corrected chi connectivity index (χ2v) is 8.20. The summed E-state index contributed by atoms with van der Waals surface area (Å²) in [6.45, 7) is -0.0640. The summed E-state index contributed by atoms with van der Waals surface area (Å²) in [6.07, 6.45) is 7.10. The second-order valence-electron chi connectivity index (χ2n) is 7.12. The summed E-state index contributed by atoms with van der Waals surface area (Å²) in [5.41, 5.74) is 8.45. The molecule has 0 atom stereocenters. The molecule has 1 aliphatic carbocycles. The number of nitrogens with zero attached hydrogens (tertiary/aromatic N) is 6. The van der Waals surface area contributed by atoms with Crippen molar-refractivity contribution in [2.75, 3.05) is 5.73 Å². The van der Waals surface area contributed by atoms with Crippen LogP contribution in [0.5, 0.6) is 0 Å². The van der Waals surface area contributed by atoms with E-state index in [4.69, 9.17) is 10.5 Å². The summed E-state index contributed by atoms with van der Waals surface area (Å²) in [6, 6.07) is 6.95. The van der Waals surface area contributed by atoms with Crippen molar-refractivity contribution in [3.63, 3.8) is 0 Å². The molecule has 152 valence electrons. The smallest absolute Gasteiger partial charge is 0.340 e. The molecule has 10 heteroatoms. The Morgan fingerprint density at radius 2 is 2.03 bits per heavy atom. The third-order valence-corrected chi connectivity index (χ3v) is 6.38. The Morgan fingerprint density at radius 1 is 1.17 bits per heavy atom. The predicted molar refractivity (Wildman–Crippen MR) is 111 cm³/mol. The summed E-state index contributed by atoms with van der Waals surface area (Å²) in [5, 5.41) is 12.0. The number of tetrazole rings is 1. The lowest BCUT2D eigenvalue weighted by atomic mass is 10.1. The third-order valence-electron chi connectivity index (χ3n) is 5.19. The van der Waals surface area contributed by atoms with Gasteiger partial charge in [0.05, 0.1) is 16.6 Å². The highest BCUT2D eigenvalue weighted by Gasteiger charge is 2.20. The van der Waals surface area contributed by atoms with Crippen molar-refractivity contribution in [1.82, 2.24) is 30.2 Å². The third kappa shape index (κ3) is 3.39. The summed E-state index contributed by atoms with van der Waals surface area (Å²) < 4.78 is 6.89. The number of rotatable bonds is 4. The number of ether oxygens (including phenoxy) is 1. The molecule has 4 aromatic rings. The van der Waals surface area contributed by atoms with Gasteiger partial charge in [0, 0.05) is 4.88 Å². The highest BCUT2D eigenvalue weighted by atomic mass is 32.1. The first-order valence-electron chi connectivity index (χ1n) is 9.77. The van der Waals surface area contributed by atoms with Crippen LogP contribution in [0.15, 0.2) is 30.6 Å². The van der Waals surface area contributed by atoms with Gasteiger partial charge in [-0.25, -0.2) is 14.8 Å². The molecule has 30 heavy (non-hydrogen) atoms. The van der Waals surface area contributed by atoms with Crippen LogP contribution < -0.4 is 5.73 Å². The summed E-state index contributed by atoms with van der Waals surface area (Å²) in [5.74, 6) is 0.342. The second kappa shape index (κ2) is 7.79. The molecular formula is C20H19N7O2S. The molecule has 5 rings (SSSR count). The van der Waals surface area contributed by atoms with Crippen molar-refractivity contribution >= 4 is 33.3 Å². The van der Waals surface area contributed by atoms with E-state index in [1.54, 1.807) is 35.6 Å². The molecule has 2 N–H and O–H groups in total. The van der Waals surface area contributed by atoms with Crippen LogP contribution in [0.2, 0.25) is 0 Å². The van der Waals surface area contributed by atoms with Gasteiger partial charge in [0.2, 0.25) is 0 Å². The fourth-order valence-electron chi connectivity index (χ4n) is 3.80. The molecule has 3 aromatic heterocycles. The van der Waals surface area contributed by atoms with Crippen molar-refractivity contribution in [2.45, 2.75) is 38.7 Å². The van der Waals surface area contributed by atoms with Gasteiger partial charge < -0.3 is 10.5 Å². The van der Waals surface area contributed by atoms with E-state index in [9.17, 15) is 4.79 Å². The van der Waals surface area contributed by atoms with Gasteiger partial charge in [-0.3, -0.25) is 0 Å². The number of para-hydroxylation sites is 1. The quantitative estimate of drug-likeness (QED) is 0.394. The number of hydrogen-bond donors (Lipinski definition) is 1. The number of carbonyl (C=O) groups excluding carboxylic acids is 1. The largest absolute Gasteiger partial charge is 0.454 e. The number of aryl methyl sites for hydroxylation is 2. The molecule has 0 radical (unpaired) electrons. The van der Waals surface area contributed by atoms with Gasteiger partial charge in [0.25, 0.3) is 0 Å². The first-order chi connectivity index (χ1) is 14.7. The van der Waals surface area contributed by atoms with E-state index in [0.717, 1.165) is 23.1 Å². The van der Waals surface area contributed by atoms with Gasteiger partial charge in [0.15, 0.2) is 12.4 Å². The minimum absolute atomic E-state index is 0.0640. The molecule has 0 bridgehead atoms. The first-order valence-corrected chi connectivity index (χ1v) is 10.6. The van der Waals surface area contributed by atoms with Gasteiger partial charge in [0.1, 0.15) is 17.0 Å². The number of nitrogens with two attached hydrogens (primary N) is 1. The van der Waals surface area contributed by atoms with Crippen LogP contribution in [0.4, 0.5) is 5.82 Å². The zero-order valence-corrected chi connectivity index (χ0v) is 16.9. The molecule has 0 unspecified atom stereocenters. The number of thiophene rings is 1. The SMILES string of the molecule is Nc1nc(COC(=O)c2ccccc2-n2cnnn2)nc2sc3c(c12)CCCCC3. The highest BCUT2D eigenvalue weighted by molar-refractivity contribution is 7.19. The molecule has 0 saturated heterocycles. The molecule has 0 saturated carbocycles. The monoisotopic (exact) mass is 421 g/mol. The fourth-order valence-corrected chi connectivity index (χ4v) is 5.09. The molecule has 3 heterocycles. The Balaban J connectivity index is 1.39. The van der Waals surface area contributed by atoms with Gasteiger partial charge in [-0.15, -0.1) is 16.4 Å². The molecular weight excluding hydrogens is 402 g/mol. The van der Waals surface area contributed by atoms with Crippen molar-refractivity contribution < 1.29 is 9.53 Å². The van der Waals surface area contributed by atoms with Gasteiger partial charge in [-0.2, -0.15) is 4.68 Å². The number of benzene rings is 1. The topological polar surface area (TPSA) is 122 Å². The lowest BCUT2D eigenvalue weighted by Crippen LogP contribution is -2.12. The maximum atomic E-state index is 12.7. The van der Waals surface area contributed by atoms with Crippen LogP contribution in [0, 0.1) is 0 Å². The average Bonchev–Trinajstić information content (AvgIpc) is 3.35. The highest BCUT2D eigenvalue weighted by Crippen LogP contribution is 2.37. The van der Waals surface area contributed by atoms with E-state index >= 15 is 0 Å². The molecule has 0 fully saturated rings. The predicted octanol–water partition coefficient (Wildman–Crippen LogP) is 2.88. The summed E-state index contributed by atoms with van der Waals surface area (Å²) in [7, 11) is 0. The number of aromatic nitrogens is 6. The van der Waals surface area contributed by atoms with Gasteiger partial charge >= 0.3 is 5.97 Å². The first kappa shape index (κ1) is 18.6. The van der Waals surface area contributed by atoms with E-state index in [2.05, 4.69) is 25.5 Å². The van der Waals surface area contributed by atoms with E-state index in [0.29, 0.717) is 22.9 Å². The molecule has 0 spiro atoms. The number of fused-ring (bicyclic) bond motifs is 3. The average molecular weight is 421 g/mol. The lowest BCUT2D eigenvalue weighted by molar-refractivity contribution is 0.0462. The summed E-state index contributed by atoms with van der Waals surface area (Å²) in [4.78, 5) is 23.9. The normalized spacial score (nSPS) is 13.7. The number of hydrogen-bond acceptors (Lipinski definition) is 9. The van der Waals surface area contributed by atoms with Crippen molar-refractivity contribution in [3.8, 4) is 5.69 Å². The molecule has 0 aliphatic heterocycles. The Morgan fingerprint density at radius 3 is 2.90 bits per heavy atom. The maximum absolute atomic E-state index is 12.7. The Kier molecular flexibility index (Phi) is 4.83. The Labute approximate surface area is 175 Å². The standard InChI is InChI=1S/C20H19N7O2S/c21-18-17-13-7-2-1-3-9-15(13)30-19(17)24-16(23-18)10-29-20(28)12-6-4-5-8-14(12)27-11-22-25-26-27/h4-6,8,11H,1-3,7,9-10H2,(H2,21,23,24). The number of anilines is 1. The fraction of sp³-hybridized carbons (Fsp3) is 0.300. The Bertz CT molecular complexity index is 1220. The van der Waals surface area contributed by atoms with Crippen molar-refractivity contribution in [1.29, 1.82) is 0 Å². The number of nitrogen functional groups attached to an aromatic ring is 1. The van der Waals surface area contributed by atoms with E-state index in [1.807, 2.05) is 0 Å². The van der Waals surface area contributed by atoms with Crippen LogP contribution in [-0.2, 0) is 24.2 Å². The minimum Gasteiger partial charge on any atom is -0.454 e. The minimum atomic E-state index is -0.509. The van der Waals surface area contributed by atoms with E-state index in [1.165, 1.54) is 40.7 Å². The zero-order valence-electron chi connectivity index (χ0n) is 16.1. The van der Waals surface area contributed by atoms with Crippen LogP contribution >= 0.6 is 11.3 Å². The zero-order chi connectivity index (χ0) is 20.5. The number of carbonyl (C=O) groups is 1. The lowest BCUT2D eigenvalue weighted by Gasteiger charge is -2.09. The molecule has 9 nitrogen and oxygen atoms in total. The van der Waals surface area contributed by atoms with Crippen LogP contribution in [0.1, 0.15) is 45.9 Å². The van der Waals surface area contributed by atoms with Crippen molar-refractivity contribution in [2.24, 2.45) is 0 Å². The van der Waals surface area contributed by atoms with Gasteiger partial charge in [-0.05, 0) is 53.8 Å². The van der Waals surface area contributed by atoms with Crippen LogP contribution in [-0.4, -0.2) is 36.1 Å². The molecule has 0 amide bonds. The summed E-state index contributed by atoms with van der Waals surface area (Å²) >= 11 is 1.68. The van der Waals surface area contributed by atoms with E-state index < -0.39 is 5.97 Å². The van der Waals surface area contributed by atoms with Crippen molar-refractivity contribution in [3.05, 3.63) is 52.4 Å².